The van der Waals surface area contributed by atoms with Crippen molar-refractivity contribution in [3.8, 4) is 0 Å². The number of allylic oxidation sites excluding steroid dienone is 1. The Morgan fingerprint density at radius 3 is 2.61 bits per heavy atom. The number of fused-ring (bicyclic) bond motifs is 2. The van der Waals surface area contributed by atoms with Gasteiger partial charge in [-0.1, -0.05) is 17.7 Å². The van der Waals surface area contributed by atoms with Crippen LogP contribution in [-0.4, -0.2) is 19.4 Å². The Morgan fingerprint density at radius 2 is 1.89 bits per heavy atom. The summed E-state index contributed by atoms with van der Waals surface area (Å²) in [5, 5.41) is 22.2. The summed E-state index contributed by atoms with van der Waals surface area (Å²) in [6.45, 7) is 0.376. The highest BCUT2D eigenvalue weighted by Crippen LogP contribution is 2.31. The second kappa shape index (κ2) is 6.54. The Labute approximate surface area is 161 Å². The molecule has 0 saturated carbocycles. The fourth-order valence-corrected chi connectivity index (χ4v) is 3.40. The first-order valence-corrected chi connectivity index (χ1v) is 8.57. The lowest BCUT2D eigenvalue weighted by atomic mass is 10.1. The average molecular weight is 399 g/mol. The quantitative estimate of drug-likeness (QED) is 0.488. The summed E-state index contributed by atoms with van der Waals surface area (Å²) in [5.74, 6) is 0.448. The summed E-state index contributed by atoms with van der Waals surface area (Å²) in [4.78, 5) is 38.1. The Kier molecular flexibility index (Phi) is 4.16. The Balaban J connectivity index is 1.84. The first-order chi connectivity index (χ1) is 13.3. The van der Waals surface area contributed by atoms with Gasteiger partial charge in [0.15, 0.2) is 0 Å². The van der Waals surface area contributed by atoms with Gasteiger partial charge in [0, 0.05) is 24.7 Å². The van der Waals surface area contributed by atoms with Gasteiger partial charge in [0.25, 0.3) is 16.9 Å². The standard InChI is InChI=1S/C18H11ClN4O5/c19-14-3-1-10(8-16(14)23(27)28)7-11-5-6-21-17(11)20-15-4-2-12(22(25)26)9-13(15)18(21)24/h1-4,7-9H,5-6H2/b11-7-. The molecule has 0 unspecified atom stereocenters. The lowest BCUT2D eigenvalue weighted by Gasteiger charge is -2.05. The van der Waals surface area contributed by atoms with Crippen LogP contribution in [0.1, 0.15) is 17.8 Å². The van der Waals surface area contributed by atoms with Crippen molar-refractivity contribution in [3.63, 3.8) is 0 Å². The summed E-state index contributed by atoms with van der Waals surface area (Å²) in [5.41, 5.74) is 0.942. The van der Waals surface area contributed by atoms with E-state index in [0.29, 0.717) is 29.9 Å². The van der Waals surface area contributed by atoms with Gasteiger partial charge in [-0.05, 0) is 35.8 Å². The van der Waals surface area contributed by atoms with Gasteiger partial charge in [0.1, 0.15) is 10.8 Å². The molecule has 0 amide bonds. The molecule has 0 spiro atoms. The number of aromatic nitrogens is 2. The third-order valence-corrected chi connectivity index (χ3v) is 4.87. The predicted molar refractivity (Wildman–Crippen MR) is 103 cm³/mol. The Hall–Kier alpha value is -3.59. The van der Waals surface area contributed by atoms with E-state index in [2.05, 4.69) is 4.98 Å². The van der Waals surface area contributed by atoms with Gasteiger partial charge < -0.3 is 0 Å². The van der Waals surface area contributed by atoms with E-state index in [0.717, 1.165) is 5.57 Å². The highest BCUT2D eigenvalue weighted by molar-refractivity contribution is 6.32. The number of hydrogen-bond donors (Lipinski definition) is 0. The summed E-state index contributed by atoms with van der Waals surface area (Å²) in [7, 11) is 0. The van der Waals surface area contributed by atoms with Crippen molar-refractivity contribution in [2.75, 3.05) is 0 Å². The van der Waals surface area contributed by atoms with Gasteiger partial charge in [0.05, 0.1) is 20.7 Å². The average Bonchev–Trinajstić information content (AvgIpc) is 3.06. The van der Waals surface area contributed by atoms with Crippen LogP contribution in [-0.2, 0) is 6.54 Å². The highest BCUT2D eigenvalue weighted by atomic mass is 35.5. The third kappa shape index (κ3) is 2.91. The van der Waals surface area contributed by atoms with E-state index in [-0.39, 0.29) is 27.3 Å². The zero-order valence-electron chi connectivity index (χ0n) is 14.2. The number of benzene rings is 2. The van der Waals surface area contributed by atoms with Crippen LogP contribution in [0.3, 0.4) is 0 Å². The molecular formula is C18H11ClN4O5. The summed E-state index contributed by atoms with van der Waals surface area (Å²) < 4.78 is 1.46. The largest absolute Gasteiger partial charge is 0.292 e. The number of nitro groups is 2. The molecule has 4 rings (SSSR count). The van der Waals surface area contributed by atoms with E-state index >= 15 is 0 Å². The zero-order valence-corrected chi connectivity index (χ0v) is 14.9. The molecule has 3 aromatic rings. The minimum absolute atomic E-state index is 0.0425. The fraction of sp³-hybridized carbons (Fsp3) is 0.111. The SMILES string of the molecule is O=c1c2cc([N+](=O)[O-])ccc2nc2n1CC/C2=C/c1ccc(Cl)c([N+](=O)[O-])c1. The van der Waals surface area contributed by atoms with Gasteiger partial charge >= 0.3 is 0 Å². The molecule has 0 N–H and O–H groups in total. The smallest absolute Gasteiger partial charge is 0.288 e. The number of halogens is 1. The van der Waals surface area contributed by atoms with Crippen molar-refractivity contribution in [1.29, 1.82) is 0 Å². The zero-order chi connectivity index (χ0) is 20.0. The van der Waals surface area contributed by atoms with E-state index in [1.54, 1.807) is 12.1 Å². The van der Waals surface area contributed by atoms with Gasteiger partial charge in [-0.15, -0.1) is 0 Å². The molecule has 0 aliphatic carbocycles. The predicted octanol–water partition coefficient (Wildman–Crippen LogP) is 3.81. The second-order valence-electron chi connectivity index (χ2n) is 6.24. The number of nitrogens with zero attached hydrogens (tertiary/aromatic N) is 4. The highest BCUT2D eigenvalue weighted by Gasteiger charge is 2.22. The van der Waals surface area contributed by atoms with Crippen molar-refractivity contribution in [1.82, 2.24) is 9.55 Å². The summed E-state index contributed by atoms with van der Waals surface area (Å²) in [6.07, 6.45) is 2.24. The fourth-order valence-electron chi connectivity index (χ4n) is 3.22. The first-order valence-electron chi connectivity index (χ1n) is 8.19. The van der Waals surface area contributed by atoms with Crippen LogP contribution in [0, 0.1) is 20.2 Å². The topological polar surface area (TPSA) is 121 Å². The van der Waals surface area contributed by atoms with Gasteiger partial charge in [0.2, 0.25) is 0 Å². The van der Waals surface area contributed by atoms with Crippen molar-refractivity contribution in [2.45, 2.75) is 13.0 Å². The maximum atomic E-state index is 12.7. The lowest BCUT2D eigenvalue weighted by Crippen LogP contribution is -2.20. The Morgan fingerprint density at radius 1 is 1.11 bits per heavy atom. The molecule has 10 heteroatoms. The molecule has 2 heterocycles. The van der Waals surface area contributed by atoms with E-state index in [4.69, 9.17) is 11.6 Å². The molecule has 140 valence electrons. The molecule has 0 saturated heterocycles. The van der Waals surface area contributed by atoms with Crippen LogP contribution in [0.5, 0.6) is 0 Å². The van der Waals surface area contributed by atoms with Crippen LogP contribution in [0.15, 0.2) is 41.2 Å². The molecular weight excluding hydrogens is 388 g/mol. The summed E-state index contributed by atoms with van der Waals surface area (Å²) in [6, 6.07) is 8.42. The van der Waals surface area contributed by atoms with Crippen molar-refractivity contribution in [2.24, 2.45) is 0 Å². The van der Waals surface area contributed by atoms with E-state index in [1.165, 1.54) is 34.9 Å². The number of rotatable bonds is 3. The van der Waals surface area contributed by atoms with E-state index in [1.807, 2.05) is 0 Å². The van der Waals surface area contributed by atoms with E-state index in [9.17, 15) is 25.0 Å². The Bertz CT molecular complexity index is 1260. The van der Waals surface area contributed by atoms with Crippen molar-refractivity contribution >= 4 is 45.5 Å². The molecule has 1 aromatic heterocycles. The molecule has 2 aromatic carbocycles. The second-order valence-corrected chi connectivity index (χ2v) is 6.65. The normalized spacial score (nSPS) is 14.4. The van der Waals surface area contributed by atoms with Crippen molar-refractivity contribution < 1.29 is 9.85 Å². The monoisotopic (exact) mass is 398 g/mol. The van der Waals surface area contributed by atoms with Gasteiger partial charge in [-0.3, -0.25) is 29.6 Å². The molecule has 1 aliphatic rings. The first kappa shape index (κ1) is 17.8. The molecule has 28 heavy (non-hydrogen) atoms. The number of hydrogen-bond acceptors (Lipinski definition) is 6. The van der Waals surface area contributed by atoms with E-state index < -0.39 is 9.85 Å². The number of nitro benzene ring substituents is 2. The molecule has 0 fully saturated rings. The third-order valence-electron chi connectivity index (χ3n) is 4.55. The molecule has 9 nitrogen and oxygen atoms in total. The lowest BCUT2D eigenvalue weighted by molar-refractivity contribution is -0.384. The molecule has 0 atom stereocenters. The number of non-ortho nitro benzene ring substituents is 1. The molecule has 1 aliphatic heterocycles. The van der Waals surface area contributed by atoms with Crippen LogP contribution in [0.4, 0.5) is 11.4 Å². The van der Waals surface area contributed by atoms with Crippen LogP contribution >= 0.6 is 11.6 Å². The maximum Gasteiger partial charge on any atom is 0.288 e. The maximum absolute atomic E-state index is 12.7. The molecule has 0 radical (unpaired) electrons. The van der Waals surface area contributed by atoms with Crippen LogP contribution < -0.4 is 5.56 Å². The van der Waals surface area contributed by atoms with Crippen molar-refractivity contribution in [3.05, 3.63) is 83.4 Å². The molecule has 0 bridgehead atoms. The summed E-state index contributed by atoms with van der Waals surface area (Å²) >= 11 is 5.84. The van der Waals surface area contributed by atoms with Gasteiger partial charge in [-0.25, -0.2) is 4.98 Å². The minimum Gasteiger partial charge on any atom is -0.292 e. The van der Waals surface area contributed by atoms with Gasteiger partial charge in [-0.2, -0.15) is 0 Å². The van der Waals surface area contributed by atoms with Crippen LogP contribution in [0.25, 0.3) is 22.6 Å². The van der Waals surface area contributed by atoms with Crippen LogP contribution in [0.2, 0.25) is 5.02 Å². The minimum atomic E-state index is -0.560.